The molecule has 1 saturated heterocycles. The summed E-state index contributed by atoms with van der Waals surface area (Å²) < 4.78 is 4.93. The van der Waals surface area contributed by atoms with Crippen molar-refractivity contribution in [2.45, 2.75) is 45.1 Å². The van der Waals surface area contributed by atoms with Crippen LogP contribution in [0.25, 0.3) is 0 Å². The predicted molar refractivity (Wildman–Crippen MR) is 55.9 cm³/mol. The molecule has 1 fully saturated rings. The van der Waals surface area contributed by atoms with Crippen LogP contribution in [-0.4, -0.2) is 36.0 Å². The van der Waals surface area contributed by atoms with Crippen molar-refractivity contribution in [2.24, 2.45) is 11.7 Å². The first-order valence-electron chi connectivity index (χ1n) is 5.36. The molecule has 1 heterocycles. The van der Waals surface area contributed by atoms with Crippen LogP contribution in [0.4, 0.5) is 0 Å². The molecule has 5 nitrogen and oxygen atoms in total. The van der Waals surface area contributed by atoms with Crippen molar-refractivity contribution in [3.8, 4) is 0 Å². The Hall–Kier alpha value is -0.650. The third-order valence-corrected chi connectivity index (χ3v) is 2.45. The van der Waals surface area contributed by atoms with Gasteiger partial charge in [-0.25, -0.2) is 0 Å². The SMILES string of the molecule is CC(C)CC(N)C(=O)NC1CCOC1O. The summed E-state index contributed by atoms with van der Waals surface area (Å²) in [6, 6.07) is -0.812. The van der Waals surface area contributed by atoms with E-state index in [4.69, 9.17) is 10.5 Å². The summed E-state index contributed by atoms with van der Waals surface area (Å²) in [6.07, 6.45) is 0.400. The van der Waals surface area contributed by atoms with Crippen LogP contribution in [-0.2, 0) is 9.53 Å². The first kappa shape index (κ1) is 12.4. The number of amides is 1. The van der Waals surface area contributed by atoms with E-state index in [-0.39, 0.29) is 11.9 Å². The average Bonchev–Trinajstić information content (AvgIpc) is 2.50. The number of nitrogens with two attached hydrogens (primary N) is 1. The second-order valence-electron chi connectivity index (χ2n) is 4.40. The smallest absolute Gasteiger partial charge is 0.237 e. The second kappa shape index (κ2) is 5.44. The number of hydrogen-bond donors (Lipinski definition) is 3. The third kappa shape index (κ3) is 3.77. The lowest BCUT2D eigenvalue weighted by atomic mass is 10.0. The molecule has 3 atom stereocenters. The fourth-order valence-corrected chi connectivity index (χ4v) is 1.62. The number of ether oxygens (including phenoxy) is 1. The quantitative estimate of drug-likeness (QED) is 0.596. The molecule has 1 rings (SSSR count). The van der Waals surface area contributed by atoms with Crippen LogP contribution in [0.1, 0.15) is 26.7 Å². The normalized spacial score (nSPS) is 28.1. The molecule has 1 amide bonds. The Labute approximate surface area is 90.0 Å². The fourth-order valence-electron chi connectivity index (χ4n) is 1.62. The van der Waals surface area contributed by atoms with Crippen LogP contribution >= 0.6 is 0 Å². The van der Waals surface area contributed by atoms with Gasteiger partial charge in [0.1, 0.15) is 0 Å². The van der Waals surface area contributed by atoms with E-state index in [9.17, 15) is 9.90 Å². The van der Waals surface area contributed by atoms with E-state index in [0.29, 0.717) is 25.4 Å². The van der Waals surface area contributed by atoms with E-state index < -0.39 is 12.3 Å². The molecular weight excluding hydrogens is 196 g/mol. The van der Waals surface area contributed by atoms with Gasteiger partial charge in [0.05, 0.1) is 18.7 Å². The number of aliphatic hydroxyl groups is 1. The zero-order chi connectivity index (χ0) is 11.4. The molecule has 5 heteroatoms. The summed E-state index contributed by atoms with van der Waals surface area (Å²) in [5, 5.41) is 12.0. The van der Waals surface area contributed by atoms with E-state index in [1.807, 2.05) is 13.8 Å². The largest absolute Gasteiger partial charge is 0.366 e. The standard InChI is InChI=1S/C10H20N2O3/c1-6(2)5-7(11)9(13)12-8-3-4-15-10(8)14/h6-8,10,14H,3-5,11H2,1-2H3,(H,12,13). The van der Waals surface area contributed by atoms with Gasteiger partial charge in [0.15, 0.2) is 6.29 Å². The number of rotatable bonds is 4. The van der Waals surface area contributed by atoms with Gasteiger partial charge in [-0.15, -0.1) is 0 Å². The van der Waals surface area contributed by atoms with Gasteiger partial charge in [-0.05, 0) is 18.8 Å². The fraction of sp³-hybridized carbons (Fsp3) is 0.900. The lowest BCUT2D eigenvalue weighted by Gasteiger charge is -2.19. The van der Waals surface area contributed by atoms with E-state index in [1.54, 1.807) is 0 Å². The topological polar surface area (TPSA) is 84.6 Å². The van der Waals surface area contributed by atoms with Crippen molar-refractivity contribution in [1.82, 2.24) is 5.32 Å². The molecule has 0 radical (unpaired) electrons. The summed E-state index contributed by atoms with van der Waals surface area (Å²) in [7, 11) is 0. The molecule has 15 heavy (non-hydrogen) atoms. The summed E-state index contributed by atoms with van der Waals surface area (Å²) >= 11 is 0. The van der Waals surface area contributed by atoms with Crippen LogP contribution in [0.3, 0.4) is 0 Å². The molecule has 0 aromatic carbocycles. The molecule has 0 saturated carbocycles. The molecule has 0 aromatic rings. The Morgan fingerprint density at radius 1 is 1.67 bits per heavy atom. The molecule has 0 aromatic heterocycles. The van der Waals surface area contributed by atoms with Gasteiger partial charge in [-0.1, -0.05) is 13.8 Å². The van der Waals surface area contributed by atoms with Crippen LogP contribution in [0, 0.1) is 5.92 Å². The van der Waals surface area contributed by atoms with Crippen molar-refractivity contribution in [3.05, 3.63) is 0 Å². The van der Waals surface area contributed by atoms with E-state index >= 15 is 0 Å². The monoisotopic (exact) mass is 216 g/mol. The lowest BCUT2D eigenvalue weighted by molar-refractivity contribution is -0.126. The predicted octanol–water partition coefficient (Wildman–Crippen LogP) is -0.417. The Balaban J connectivity index is 2.34. The zero-order valence-electron chi connectivity index (χ0n) is 9.27. The highest BCUT2D eigenvalue weighted by Crippen LogP contribution is 2.11. The summed E-state index contributed by atoms with van der Waals surface area (Å²) in [4.78, 5) is 11.6. The number of nitrogens with one attached hydrogen (secondary N) is 1. The van der Waals surface area contributed by atoms with Gasteiger partial charge in [-0.2, -0.15) is 0 Å². The highest BCUT2D eigenvalue weighted by atomic mass is 16.6. The van der Waals surface area contributed by atoms with Gasteiger partial charge in [0.25, 0.3) is 0 Å². The van der Waals surface area contributed by atoms with Crippen molar-refractivity contribution in [2.75, 3.05) is 6.61 Å². The minimum atomic E-state index is -0.889. The Morgan fingerprint density at radius 3 is 2.80 bits per heavy atom. The van der Waals surface area contributed by atoms with Gasteiger partial charge < -0.3 is 20.9 Å². The molecule has 4 N–H and O–H groups in total. The Bertz CT molecular complexity index is 221. The summed E-state index contributed by atoms with van der Waals surface area (Å²) in [5.74, 6) is 0.175. The molecule has 0 bridgehead atoms. The van der Waals surface area contributed by atoms with E-state index in [2.05, 4.69) is 5.32 Å². The zero-order valence-corrected chi connectivity index (χ0v) is 9.27. The Kier molecular flexibility index (Phi) is 4.50. The highest BCUT2D eigenvalue weighted by molar-refractivity contribution is 5.81. The van der Waals surface area contributed by atoms with Gasteiger partial charge in [0.2, 0.25) is 5.91 Å². The van der Waals surface area contributed by atoms with Gasteiger partial charge >= 0.3 is 0 Å². The highest BCUT2D eigenvalue weighted by Gasteiger charge is 2.29. The second-order valence-corrected chi connectivity index (χ2v) is 4.40. The number of hydrogen-bond acceptors (Lipinski definition) is 4. The molecule has 0 aliphatic carbocycles. The average molecular weight is 216 g/mol. The van der Waals surface area contributed by atoms with E-state index in [1.165, 1.54) is 0 Å². The van der Waals surface area contributed by atoms with Gasteiger partial charge in [-0.3, -0.25) is 4.79 Å². The maximum absolute atomic E-state index is 11.6. The number of aliphatic hydroxyl groups excluding tert-OH is 1. The minimum Gasteiger partial charge on any atom is -0.366 e. The van der Waals surface area contributed by atoms with Crippen molar-refractivity contribution < 1.29 is 14.6 Å². The van der Waals surface area contributed by atoms with Crippen LogP contribution in [0.5, 0.6) is 0 Å². The molecular formula is C10H20N2O3. The van der Waals surface area contributed by atoms with Crippen molar-refractivity contribution in [3.63, 3.8) is 0 Å². The van der Waals surface area contributed by atoms with Crippen LogP contribution < -0.4 is 11.1 Å². The summed E-state index contributed by atoms with van der Waals surface area (Å²) in [5.41, 5.74) is 5.71. The Morgan fingerprint density at radius 2 is 2.33 bits per heavy atom. The maximum atomic E-state index is 11.6. The molecule has 88 valence electrons. The summed E-state index contributed by atoms with van der Waals surface area (Å²) in [6.45, 7) is 4.51. The van der Waals surface area contributed by atoms with Gasteiger partial charge in [0, 0.05) is 0 Å². The molecule has 3 unspecified atom stereocenters. The van der Waals surface area contributed by atoms with E-state index in [0.717, 1.165) is 0 Å². The lowest BCUT2D eigenvalue weighted by Crippen LogP contribution is -2.48. The molecule has 1 aliphatic rings. The third-order valence-electron chi connectivity index (χ3n) is 2.45. The molecule has 1 aliphatic heterocycles. The minimum absolute atomic E-state index is 0.210. The molecule has 0 spiro atoms. The van der Waals surface area contributed by atoms with Crippen molar-refractivity contribution in [1.29, 1.82) is 0 Å². The first-order valence-corrected chi connectivity index (χ1v) is 5.36. The van der Waals surface area contributed by atoms with Crippen LogP contribution in [0.2, 0.25) is 0 Å². The maximum Gasteiger partial charge on any atom is 0.237 e. The van der Waals surface area contributed by atoms with Crippen molar-refractivity contribution >= 4 is 5.91 Å². The first-order chi connectivity index (χ1) is 7.00. The van der Waals surface area contributed by atoms with Crippen LogP contribution in [0.15, 0.2) is 0 Å². The number of carbonyl (C=O) groups excluding carboxylic acids is 1. The number of carbonyl (C=O) groups is 1.